The van der Waals surface area contributed by atoms with Gasteiger partial charge in [0.25, 0.3) is 0 Å². The van der Waals surface area contributed by atoms with Crippen LogP contribution in [0.2, 0.25) is 0 Å². The molecule has 0 N–H and O–H groups in total. The van der Waals surface area contributed by atoms with E-state index in [4.69, 9.17) is 0 Å². The van der Waals surface area contributed by atoms with E-state index in [1.807, 2.05) is 6.92 Å². The summed E-state index contributed by atoms with van der Waals surface area (Å²) in [6, 6.07) is 0. The predicted octanol–water partition coefficient (Wildman–Crippen LogP) is 1.34. The zero-order chi connectivity index (χ0) is 8.85. The van der Waals surface area contributed by atoms with Gasteiger partial charge in [0.1, 0.15) is 0 Å². The van der Waals surface area contributed by atoms with Crippen molar-refractivity contribution in [1.29, 1.82) is 0 Å². The molecule has 0 heterocycles. The van der Waals surface area contributed by atoms with Crippen molar-refractivity contribution in [3.05, 3.63) is 0 Å². The highest BCUT2D eigenvalue weighted by molar-refractivity contribution is 5.83. The Hall–Kier alpha value is -1.06. The van der Waals surface area contributed by atoms with Crippen LogP contribution >= 0.6 is 0 Å². The summed E-state index contributed by atoms with van der Waals surface area (Å²) in [4.78, 5) is 21.2. The lowest BCUT2D eigenvalue weighted by Crippen LogP contribution is -2.18. The van der Waals surface area contributed by atoms with E-state index in [0.29, 0.717) is 6.42 Å². The van der Waals surface area contributed by atoms with Crippen LogP contribution in [0.4, 0.5) is 4.79 Å². The summed E-state index contributed by atoms with van der Waals surface area (Å²) in [6.45, 7) is 3.52. The molecular formula is C7H12O4. The third-order valence-corrected chi connectivity index (χ3v) is 1.37. The number of carbonyl (C=O) groups is 2. The Labute approximate surface area is 65.5 Å². The van der Waals surface area contributed by atoms with Gasteiger partial charge in [-0.2, -0.15) is 0 Å². The minimum atomic E-state index is -0.949. The van der Waals surface area contributed by atoms with Gasteiger partial charge in [0.15, 0.2) is 0 Å². The molecule has 0 aromatic carbocycles. The molecule has 1 atom stereocenters. The van der Waals surface area contributed by atoms with Crippen molar-refractivity contribution < 1.29 is 19.1 Å². The zero-order valence-electron chi connectivity index (χ0n) is 6.92. The Morgan fingerprint density at radius 1 is 1.45 bits per heavy atom. The maximum absolute atomic E-state index is 10.8. The second kappa shape index (κ2) is 4.71. The minimum absolute atomic E-state index is 0.255. The molecule has 0 spiro atoms. The molecule has 11 heavy (non-hydrogen) atoms. The molecule has 0 saturated carbocycles. The Kier molecular flexibility index (Phi) is 4.26. The molecule has 64 valence electrons. The van der Waals surface area contributed by atoms with E-state index in [0.717, 1.165) is 7.11 Å². The van der Waals surface area contributed by atoms with E-state index in [1.165, 1.54) is 0 Å². The number of methoxy groups -OCH3 is 1. The number of carbonyl (C=O) groups excluding carboxylic acids is 2. The van der Waals surface area contributed by atoms with Crippen LogP contribution in [-0.4, -0.2) is 19.2 Å². The highest BCUT2D eigenvalue weighted by atomic mass is 16.7. The van der Waals surface area contributed by atoms with E-state index < -0.39 is 12.1 Å². The molecule has 0 fully saturated rings. The average molecular weight is 160 g/mol. The molecule has 4 heteroatoms. The van der Waals surface area contributed by atoms with Crippen LogP contribution in [0.15, 0.2) is 0 Å². The first kappa shape index (κ1) is 9.94. The summed E-state index contributed by atoms with van der Waals surface area (Å²) in [6.07, 6.45) is -0.300. The van der Waals surface area contributed by atoms with E-state index in [2.05, 4.69) is 9.47 Å². The lowest BCUT2D eigenvalue weighted by atomic mass is 10.1. The van der Waals surface area contributed by atoms with Gasteiger partial charge < -0.3 is 9.47 Å². The van der Waals surface area contributed by atoms with E-state index in [-0.39, 0.29) is 5.92 Å². The van der Waals surface area contributed by atoms with Crippen LogP contribution in [0, 0.1) is 5.92 Å². The molecule has 0 bridgehead atoms. The fourth-order valence-electron chi connectivity index (χ4n) is 0.391. The third-order valence-electron chi connectivity index (χ3n) is 1.37. The zero-order valence-corrected chi connectivity index (χ0v) is 6.92. The Bertz CT molecular complexity index is 153. The summed E-state index contributed by atoms with van der Waals surface area (Å²) >= 11 is 0. The van der Waals surface area contributed by atoms with Gasteiger partial charge in [-0.3, -0.25) is 4.79 Å². The first-order chi connectivity index (χ1) is 5.11. The van der Waals surface area contributed by atoms with Crippen LogP contribution in [-0.2, 0) is 14.3 Å². The minimum Gasteiger partial charge on any atom is -0.437 e. The first-order valence-electron chi connectivity index (χ1n) is 3.41. The summed E-state index contributed by atoms with van der Waals surface area (Å²) in [5.74, 6) is -0.798. The van der Waals surface area contributed by atoms with Crippen molar-refractivity contribution in [1.82, 2.24) is 0 Å². The van der Waals surface area contributed by atoms with Crippen molar-refractivity contribution in [2.75, 3.05) is 7.11 Å². The average Bonchev–Trinajstić information content (AvgIpc) is 2.02. The number of ether oxygens (including phenoxy) is 2. The van der Waals surface area contributed by atoms with Crippen LogP contribution in [0.5, 0.6) is 0 Å². The van der Waals surface area contributed by atoms with Crippen LogP contribution in [0.25, 0.3) is 0 Å². The van der Waals surface area contributed by atoms with Gasteiger partial charge in [-0.1, -0.05) is 13.8 Å². The normalized spacial score (nSPS) is 11.9. The van der Waals surface area contributed by atoms with E-state index in [1.54, 1.807) is 6.92 Å². The second-order valence-electron chi connectivity index (χ2n) is 2.18. The molecule has 0 saturated heterocycles. The largest absolute Gasteiger partial charge is 0.515 e. The number of esters is 1. The van der Waals surface area contributed by atoms with E-state index in [9.17, 15) is 9.59 Å². The molecule has 0 aromatic rings. The lowest BCUT2D eigenvalue weighted by Gasteiger charge is -2.05. The van der Waals surface area contributed by atoms with Crippen LogP contribution in [0.3, 0.4) is 0 Å². The quantitative estimate of drug-likeness (QED) is 0.452. The molecule has 1 unspecified atom stereocenters. The van der Waals surface area contributed by atoms with Crippen LogP contribution in [0.1, 0.15) is 20.3 Å². The first-order valence-corrected chi connectivity index (χ1v) is 3.41. The monoisotopic (exact) mass is 160 g/mol. The summed E-state index contributed by atoms with van der Waals surface area (Å²) in [5, 5.41) is 0. The number of hydrogen-bond donors (Lipinski definition) is 0. The molecule has 0 amide bonds. The molecule has 4 nitrogen and oxygen atoms in total. The standard InChI is InChI=1S/C7H12O4/c1-4-5(2)6(8)11-7(9)10-3/h5H,4H2,1-3H3. The smallest absolute Gasteiger partial charge is 0.437 e. The van der Waals surface area contributed by atoms with E-state index >= 15 is 0 Å². The van der Waals surface area contributed by atoms with Crippen LogP contribution < -0.4 is 0 Å². The molecule has 0 aliphatic heterocycles. The highest BCUT2D eigenvalue weighted by Crippen LogP contribution is 2.03. The summed E-state index contributed by atoms with van der Waals surface area (Å²) in [5.41, 5.74) is 0. The Balaban J connectivity index is 3.77. The Morgan fingerprint density at radius 2 is 2.00 bits per heavy atom. The predicted molar refractivity (Wildman–Crippen MR) is 38.0 cm³/mol. The molecule has 0 aliphatic carbocycles. The SMILES string of the molecule is CCC(C)C(=O)OC(=O)OC. The van der Waals surface area contributed by atoms with Crippen molar-refractivity contribution in [2.45, 2.75) is 20.3 Å². The topological polar surface area (TPSA) is 52.6 Å². The Morgan fingerprint density at radius 3 is 2.36 bits per heavy atom. The van der Waals surface area contributed by atoms with Crippen molar-refractivity contribution >= 4 is 12.1 Å². The van der Waals surface area contributed by atoms with Crippen molar-refractivity contribution in [3.8, 4) is 0 Å². The maximum atomic E-state index is 10.8. The number of hydrogen-bond acceptors (Lipinski definition) is 4. The third kappa shape index (κ3) is 3.60. The van der Waals surface area contributed by atoms with Gasteiger partial charge in [-0.25, -0.2) is 4.79 Å². The molecule has 0 radical (unpaired) electrons. The van der Waals surface area contributed by atoms with Gasteiger partial charge in [0.05, 0.1) is 13.0 Å². The van der Waals surface area contributed by atoms with Gasteiger partial charge in [-0.05, 0) is 6.42 Å². The molecule has 0 aromatic heterocycles. The maximum Gasteiger partial charge on any atom is 0.515 e. The fraction of sp³-hybridized carbons (Fsp3) is 0.714. The van der Waals surface area contributed by atoms with Gasteiger partial charge in [-0.15, -0.1) is 0 Å². The molecular weight excluding hydrogens is 148 g/mol. The van der Waals surface area contributed by atoms with Gasteiger partial charge in [0, 0.05) is 0 Å². The highest BCUT2D eigenvalue weighted by Gasteiger charge is 2.16. The molecule has 0 rings (SSSR count). The number of rotatable bonds is 2. The molecule has 0 aliphatic rings. The summed E-state index contributed by atoms with van der Waals surface area (Å²) in [7, 11) is 1.16. The van der Waals surface area contributed by atoms with Crippen molar-refractivity contribution in [2.24, 2.45) is 5.92 Å². The fourth-order valence-corrected chi connectivity index (χ4v) is 0.391. The second-order valence-corrected chi connectivity index (χ2v) is 2.18. The van der Waals surface area contributed by atoms with Crippen molar-refractivity contribution in [3.63, 3.8) is 0 Å². The van der Waals surface area contributed by atoms with Gasteiger partial charge >= 0.3 is 12.1 Å². The summed E-state index contributed by atoms with van der Waals surface area (Å²) < 4.78 is 8.39. The lowest BCUT2D eigenvalue weighted by molar-refractivity contribution is -0.143. The van der Waals surface area contributed by atoms with Gasteiger partial charge in [0.2, 0.25) is 0 Å².